The molecular formula is C19H20N2O3. The summed E-state index contributed by atoms with van der Waals surface area (Å²) in [5.74, 6) is 0.596. The maximum absolute atomic E-state index is 12.4. The fourth-order valence-electron chi connectivity index (χ4n) is 2.56. The van der Waals surface area contributed by atoms with Gasteiger partial charge in [0.1, 0.15) is 5.75 Å². The van der Waals surface area contributed by atoms with Gasteiger partial charge in [0.05, 0.1) is 12.8 Å². The number of oxime groups is 1. The first kappa shape index (κ1) is 16.1. The van der Waals surface area contributed by atoms with E-state index in [0.29, 0.717) is 6.42 Å². The molecule has 2 aromatic rings. The van der Waals surface area contributed by atoms with Gasteiger partial charge in [-0.05, 0) is 60.9 Å². The molecule has 5 heteroatoms. The Morgan fingerprint density at radius 1 is 1.21 bits per heavy atom. The molecule has 0 saturated carbocycles. The van der Waals surface area contributed by atoms with E-state index in [9.17, 15) is 4.79 Å². The van der Waals surface area contributed by atoms with Gasteiger partial charge >= 0.3 is 0 Å². The Hall–Kier alpha value is -2.82. The molecule has 24 heavy (non-hydrogen) atoms. The molecule has 1 amide bonds. The molecule has 0 bridgehead atoms. The van der Waals surface area contributed by atoms with Gasteiger partial charge in [0.25, 0.3) is 5.91 Å². The van der Waals surface area contributed by atoms with Crippen LogP contribution in [0.2, 0.25) is 0 Å². The molecule has 3 rings (SSSR count). The molecule has 1 aliphatic rings. The summed E-state index contributed by atoms with van der Waals surface area (Å²) < 4.78 is 5.14. The van der Waals surface area contributed by atoms with Gasteiger partial charge in [-0.25, -0.2) is 0 Å². The SMILES string of the molecule is COc1ccc(C2=NOC(C(=O)Nc3cc(C)ccc3C)C2)cc1. The van der Waals surface area contributed by atoms with Crippen LogP contribution in [0.5, 0.6) is 5.75 Å². The van der Waals surface area contributed by atoms with E-state index >= 15 is 0 Å². The van der Waals surface area contributed by atoms with Crippen molar-refractivity contribution < 1.29 is 14.4 Å². The smallest absolute Gasteiger partial charge is 0.268 e. The lowest BCUT2D eigenvalue weighted by Crippen LogP contribution is -2.28. The number of carbonyl (C=O) groups excluding carboxylic acids is 1. The Balaban J connectivity index is 1.65. The second-order valence-electron chi connectivity index (χ2n) is 5.87. The highest BCUT2D eigenvalue weighted by Gasteiger charge is 2.29. The number of aryl methyl sites for hydroxylation is 2. The largest absolute Gasteiger partial charge is 0.497 e. The van der Waals surface area contributed by atoms with Gasteiger partial charge in [0.15, 0.2) is 0 Å². The van der Waals surface area contributed by atoms with Crippen molar-refractivity contribution in [1.82, 2.24) is 0 Å². The van der Waals surface area contributed by atoms with Crippen molar-refractivity contribution in [3.8, 4) is 5.75 Å². The van der Waals surface area contributed by atoms with Crippen LogP contribution in [-0.2, 0) is 9.63 Å². The second kappa shape index (κ2) is 6.74. The summed E-state index contributed by atoms with van der Waals surface area (Å²) >= 11 is 0. The maximum atomic E-state index is 12.4. The van der Waals surface area contributed by atoms with E-state index in [4.69, 9.17) is 9.57 Å². The molecule has 124 valence electrons. The fourth-order valence-corrected chi connectivity index (χ4v) is 2.56. The quantitative estimate of drug-likeness (QED) is 0.937. The van der Waals surface area contributed by atoms with E-state index in [1.165, 1.54) is 0 Å². The summed E-state index contributed by atoms with van der Waals surface area (Å²) in [7, 11) is 1.62. The lowest BCUT2D eigenvalue weighted by molar-refractivity contribution is -0.125. The van der Waals surface area contributed by atoms with Crippen LogP contribution in [0.3, 0.4) is 0 Å². The zero-order valence-electron chi connectivity index (χ0n) is 14.0. The average molecular weight is 324 g/mol. The van der Waals surface area contributed by atoms with E-state index in [1.807, 2.05) is 56.3 Å². The minimum absolute atomic E-state index is 0.184. The van der Waals surface area contributed by atoms with Gasteiger partial charge in [-0.15, -0.1) is 0 Å². The van der Waals surface area contributed by atoms with Crippen LogP contribution in [-0.4, -0.2) is 24.8 Å². The van der Waals surface area contributed by atoms with Crippen molar-refractivity contribution in [3.05, 3.63) is 59.2 Å². The molecule has 2 aromatic carbocycles. The van der Waals surface area contributed by atoms with Crippen molar-refractivity contribution in [1.29, 1.82) is 0 Å². The Labute approximate surface area is 141 Å². The topological polar surface area (TPSA) is 59.9 Å². The van der Waals surface area contributed by atoms with Crippen molar-refractivity contribution in [3.63, 3.8) is 0 Å². The van der Waals surface area contributed by atoms with Crippen molar-refractivity contribution in [2.45, 2.75) is 26.4 Å². The zero-order valence-corrected chi connectivity index (χ0v) is 14.0. The normalized spacial score (nSPS) is 16.3. The third-order valence-corrected chi connectivity index (χ3v) is 4.04. The molecule has 1 heterocycles. The predicted octanol–water partition coefficient (Wildman–Crippen LogP) is 3.44. The number of carbonyl (C=O) groups is 1. The van der Waals surface area contributed by atoms with Gasteiger partial charge in [-0.3, -0.25) is 4.79 Å². The number of nitrogens with one attached hydrogen (secondary N) is 1. The molecule has 0 aliphatic carbocycles. The summed E-state index contributed by atoms with van der Waals surface area (Å²) in [6.07, 6.45) is -0.162. The molecule has 5 nitrogen and oxygen atoms in total. The number of hydrogen-bond donors (Lipinski definition) is 1. The van der Waals surface area contributed by atoms with Crippen molar-refractivity contribution in [2.24, 2.45) is 5.16 Å². The Bertz CT molecular complexity index is 782. The minimum atomic E-state index is -0.609. The summed E-state index contributed by atoms with van der Waals surface area (Å²) in [4.78, 5) is 17.8. The zero-order chi connectivity index (χ0) is 17.1. The first-order valence-corrected chi connectivity index (χ1v) is 7.82. The molecule has 1 aliphatic heterocycles. The summed E-state index contributed by atoms with van der Waals surface area (Å²) in [5.41, 5.74) is 4.61. The van der Waals surface area contributed by atoms with Crippen LogP contribution in [0.15, 0.2) is 47.6 Å². The lowest BCUT2D eigenvalue weighted by Gasteiger charge is -2.12. The Kier molecular flexibility index (Phi) is 4.51. The molecule has 0 saturated heterocycles. The second-order valence-corrected chi connectivity index (χ2v) is 5.87. The van der Waals surface area contributed by atoms with Crippen LogP contribution in [0, 0.1) is 13.8 Å². The number of rotatable bonds is 4. The fraction of sp³-hybridized carbons (Fsp3) is 0.263. The number of hydrogen-bond acceptors (Lipinski definition) is 4. The molecule has 1 N–H and O–H groups in total. The van der Waals surface area contributed by atoms with Gasteiger partial charge < -0.3 is 14.9 Å². The molecule has 1 unspecified atom stereocenters. The maximum Gasteiger partial charge on any atom is 0.268 e. The van der Waals surface area contributed by atoms with E-state index in [-0.39, 0.29) is 5.91 Å². The highest BCUT2D eigenvalue weighted by molar-refractivity contribution is 6.06. The molecule has 0 radical (unpaired) electrons. The van der Waals surface area contributed by atoms with E-state index in [2.05, 4.69) is 10.5 Å². The summed E-state index contributed by atoms with van der Waals surface area (Å²) in [6, 6.07) is 13.5. The van der Waals surface area contributed by atoms with Crippen LogP contribution in [0.4, 0.5) is 5.69 Å². The number of anilines is 1. The highest BCUT2D eigenvalue weighted by atomic mass is 16.6. The van der Waals surface area contributed by atoms with Gasteiger partial charge in [0.2, 0.25) is 6.10 Å². The molecule has 1 atom stereocenters. The first-order chi connectivity index (χ1) is 11.6. The van der Waals surface area contributed by atoms with E-state index in [0.717, 1.165) is 33.8 Å². The lowest BCUT2D eigenvalue weighted by atomic mass is 10.0. The van der Waals surface area contributed by atoms with Crippen LogP contribution in [0.25, 0.3) is 0 Å². The monoisotopic (exact) mass is 324 g/mol. The Morgan fingerprint density at radius 2 is 1.96 bits per heavy atom. The highest BCUT2D eigenvalue weighted by Crippen LogP contribution is 2.22. The van der Waals surface area contributed by atoms with Crippen molar-refractivity contribution in [2.75, 3.05) is 12.4 Å². The number of methoxy groups -OCH3 is 1. The summed E-state index contributed by atoms with van der Waals surface area (Å²) in [6.45, 7) is 3.95. The number of amides is 1. The van der Waals surface area contributed by atoms with E-state index in [1.54, 1.807) is 7.11 Å². The molecular weight excluding hydrogens is 304 g/mol. The molecule has 0 aromatic heterocycles. The van der Waals surface area contributed by atoms with Gasteiger partial charge in [-0.1, -0.05) is 17.3 Å². The number of benzene rings is 2. The Morgan fingerprint density at radius 3 is 2.67 bits per heavy atom. The van der Waals surface area contributed by atoms with Crippen LogP contribution in [0.1, 0.15) is 23.1 Å². The standard InChI is InChI=1S/C19H20N2O3/c1-12-4-5-13(2)16(10-12)20-19(22)18-11-17(21-24-18)14-6-8-15(23-3)9-7-14/h4-10,18H,11H2,1-3H3,(H,20,22). The third kappa shape index (κ3) is 3.40. The first-order valence-electron chi connectivity index (χ1n) is 7.82. The van der Waals surface area contributed by atoms with E-state index < -0.39 is 6.10 Å². The van der Waals surface area contributed by atoms with Crippen LogP contribution < -0.4 is 10.1 Å². The minimum Gasteiger partial charge on any atom is -0.497 e. The van der Waals surface area contributed by atoms with Gasteiger partial charge in [-0.2, -0.15) is 0 Å². The van der Waals surface area contributed by atoms with Gasteiger partial charge in [0, 0.05) is 12.1 Å². The van der Waals surface area contributed by atoms with Crippen molar-refractivity contribution >= 4 is 17.3 Å². The number of nitrogens with zero attached hydrogens (tertiary/aromatic N) is 1. The molecule has 0 spiro atoms. The predicted molar refractivity (Wildman–Crippen MR) is 93.6 cm³/mol. The third-order valence-electron chi connectivity index (χ3n) is 4.04. The summed E-state index contributed by atoms with van der Waals surface area (Å²) in [5, 5.41) is 6.99. The number of ether oxygens (including phenoxy) is 1. The molecule has 0 fully saturated rings. The average Bonchev–Trinajstić information content (AvgIpc) is 3.08. The van der Waals surface area contributed by atoms with Crippen LogP contribution >= 0.6 is 0 Å².